The van der Waals surface area contributed by atoms with Gasteiger partial charge in [-0.1, -0.05) is 58.6 Å². The summed E-state index contributed by atoms with van der Waals surface area (Å²) in [6.45, 7) is 7.65. The lowest BCUT2D eigenvalue weighted by atomic mass is 9.96. The van der Waals surface area contributed by atoms with Crippen molar-refractivity contribution in [1.29, 1.82) is 0 Å². The molecule has 0 bridgehead atoms. The molecular formula is C36H47FN4O2. The van der Waals surface area contributed by atoms with Gasteiger partial charge in [-0.25, -0.2) is 4.39 Å². The van der Waals surface area contributed by atoms with Crippen LogP contribution in [-0.2, 0) is 6.42 Å². The van der Waals surface area contributed by atoms with E-state index in [2.05, 4.69) is 24.8 Å². The van der Waals surface area contributed by atoms with Crippen LogP contribution in [0.2, 0.25) is 0 Å². The van der Waals surface area contributed by atoms with Gasteiger partial charge in [-0.05, 0) is 80.6 Å². The van der Waals surface area contributed by atoms with E-state index in [-0.39, 0.29) is 23.5 Å². The standard InChI is InChI=1S/C36H47FN4O2/c1-4-6-7-8-11-25(3)34-29-14-19-41(32-21-27(42)20-26-12-13-30(37)28(5-2)33(26)32)22-31(29)38-35(39-34)43-24-36(15-16-36)23-40-17-9-10-18-40/h12-14,20-22,25,42H,4-11,15-19,23-24H2,1-3H3/i24D2. The van der Waals surface area contributed by atoms with Crippen molar-refractivity contribution in [2.45, 2.75) is 90.9 Å². The molecule has 1 aliphatic carbocycles. The first kappa shape index (κ1) is 27.4. The normalized spacial score (nSPS) is 19.3. The minimum atomic E-state index is -1.90. The predicted octanol–water partition coefficient (Wildman–Crippen LogP) is 6.40. The van der Waals surface area contributed by atoms with E-state index in [1.54, 1.807) is 18.2 Å². The second kappa shape index (κ2) is 12.8. The van der Waals surface area contributed by atoms with Gasteiger partial charge in [0.25, 0.3) is 0 Å². The molecule has 2 aliphatic heterocycles. The zero-order chi connectivity index (χ0) is 31.8. The number of likely N-dealkylation sites (tertiary alicyclic amines) is 1. The van der Waals surface area contributed by atoms with Gasteiger partial charge in [0.2, 0.25) is 0 Å². The summed E-state index contributed by atoms with van der Waals surface area (Å²) in [7, 11) is 0. The topological polar surface area (TPSA) is 61.7 Å². The van der Waals surface area contributed by atoms with E-state index >= 15 is 0 Å². The van der Waals surface area contributed by atoms with E-state index in [1.165, 1.54) is 25.3 Å². The Hall–Kier alpha value is -3.19. The molecule has 0 spiro atoms. The molecule has 1 N–H and O–H groups in total. The zero-order valence-electron chi connectivity index (χ0n) is 28.0. The second-order valence-electron chi connectivity index (χ2n) is 12.8. The van der Waals surface area contributed by atoms with Gasteiger partial charge in [0.15, 0.2) is 0 Å². The van der Waals surface area contributed by atoms with E-state index < -0.39 is 12.0 Å². The lowest BCUT2D eigenvalue weighted by Crippen LogP contribution is -2.42. The van der Waals surface area contributed by atoms with Crippen molar-refractivity contribution in [1.82, 2.24) is 14.9 Å². The Bertz CT molecular complexity index is 1670. The fraction of sp³-hybridized carbons (Fsp3) is 0.556. The summed E-state index contributed by atoms with van der Waals surface area (Å²) in [4.78, 5) is 14.1. The number of hydrogen-bond donors (Lipinski definition) is 1. The van der Waals surface area contributed by atoms with E-state index in [0.717, 1.165) is 73.3 Å². The van der Waals surface area contributed by atoms with Crippen LogP contribution in [0, 0.1) is 11.2 Å². The van der Waals surface area contributed by atoms with Crippen molar-refractivity contribution >= 4 is 28.7 Å². The summed E-state index contributed by atoms with van der Waals surface area (Å²) in [5, 5.41) is 13.8. The van der Waals surface area contributed by atoms with Crippen LogP contribution in [0.5, 0.6) is 11.8 Å². The number of aromatic nitrogens is 2. The number of phenolic OH excluding ortho intramolecular Hbond substituents is 1. The number of halogens is 1. The summed E-state index contributed by atoms with van der Waals surface area (Å²) >= 11 is 0. The van der Waals surface area contributed by atoms with Crippen LogP contribution < -0.4 is 20.2 Å². The molecule has 1 saturated heterocycles. The van der Waals surface area contributed by atoms with Gasteiger partial charge in [0.1, 0.15) is 11.6 Å². The summed E-state index contributed by atoms with van der Waals surface area (Å²) in [6.07, 6.45) is 14.1. The van der Waals surface area contributed by atoms with Crippen molar-refractivity contribution in [3.8, 4) is 11.8 Å². The van der Waals surface area contributed by atoms with Gasteiger partial charge < -0.3 is 19.6 Å². The molecule has 3 heterocycles. The number of fused-ring (bicyclic) bond motifs is 2. The fourth-order valence-electron chi connectivity index (χ4n) is 6.80. The van der Waals surface area contributed by atoms with Crippen molar-refractivity contribution in [2.75, 3.05) is 37.6 Å². The number of benzene rings is 2. The maximum absolute atomic E-state index is 15.0. The molecule has 3 aliphatic rings. The zero-order valence-corrected chi connectivity index (χ0v) is 26.0. The Morgan fingerprint density at radius 2 is 1.93 bits per heavy atom. The lowest BCUT2D eigenvalue weighted by molar-refractivity contribution is 0.169. The molecule has 1 saturated carbocycles. The largest absolute Gasteiger partial charge is 0.508 e. The number of hydrogen-bond acceptors (Lipinski definition) is 6. The average Bonchev–Trinajstić information content (AvgIpc) is 3.64. The Morgan fingerprint density at radius 1 is 1.12 bits per heavy atom. The summed E-state index contributed by atoms with van der Waals surface area (Å²) in [5.41, 5.74) is 1.64. The maximum Gasteiger partial charge on any atom is 0.317 e. The van der Waals surface area contributed by atoms with E-state index in [1.807, 2.05) is 18.0 Å². The van der Waals surface area contributed by atoms with Crippen molar-refractivity contribution in [3.63, 3.8) is 0 Å². The molecule has 0 radical (unpaired) electrons. The number of anilines is 1. The fourth-order valence-corrected chi connectivity index (χ4v) is 6.80. The first-order chi connectivity index (χ1) is 21.6. The van der Waals surface area contributed by atoms with Crippen LogP contribution in [0.15, 0.2) is 24.3 Å². The minimum absolute atomic E-state index is 0.0643. The highest BCUT2D eigenvalue weighted by molar-refractivity contribution is 6.00. The third-order valence-corrected chi connectivity index (χ3v) is 9.44. The Balaban J connectivity index is 1.40. The molecule has 7 heteroatoms. The van der Waals surface area contributed by atoms with E-state index in [4.69, 9.17) is 17.4 Å². The predicted molar refractivity (Wildman–Crippen MR) is 173 cm³/mol. The number of nitrogens with zero attached hydrogens (tertiary/aromatic N) is 4. The highest BCUT2D eigenvalue weighted by Gasteiger charge is 2.45. The quantitative estimate of drug-likeness (QED) is 0.233. The first-order valence-electron chi connectivity index (χ1n) is 17.4. The summed E-state index contributed by atoms with van der Waals surface area (Å²) in [6, 6.07) is 6.58. The van der Waals surface area contributed by atoms with Gasteiger partial charge in [-0.2, -0.15) is 9.97 Å². The molecule has 1 atom stereocenters. The maximum atomic E-state index is 15.0. The molecule has 43 heavy (non-hydrogen) atoms. The van der Waals surface area contributed by atoms with Crippen LogP contribution in [-0.4, -0.2) is 52.7 Å². The molecule has 1 unspecified atom stereocenters. The second-order valence-corrected chi connectivity index (χ2v) is 12.8. The number of ether oxygens (including phenoxy) is 1. The number of aryl methyl sites for hydroxylation is 1. The Labute approximate surface area is 258 Å². The van der Waals surface area contributed by atoms with Crippen LogP contribution in [0.25, 0.3) is 23.0 Å². The van der Waals surface area contributed by atoms with Gasteiger partial charge in [0.05, 0.1) is 26.0 Å². The molecule has 2 aromatic carbocycles. The monoisotopic (exact) mass is 588 g/mol. The number of unbranched alkanes of at least 4 members (excludes halogenated alkanes) is 3. The van der Waals surface area contributed by atoms with Crippen LogP contribution in [0.1, 0.15) is 98.5 Å². The SMILES string of the molecule is [2H]C([2H])(Oc1nc(C(C)CCCCCC)c2c(n1)=CN(c1cc(O)cc3ccc(F)c(CC)c13)CC=2)C1(CN2CCCC2)CC1. The summed E-state index contributed by atoms with van der Waals surface area (Å²) in [5.74, 6) is -0.00928. The number of phenols is 1. The highest BCUT2D eigenvalue weighted by Crippen LogP contribution is 2.47. The van der Waals surface area contributed by atoms with Gasteiger partial charge in [0, 0.05) is 41.4 Å². The highest BCUT2D eigenvalue weighted by atomic mass is 19.1. The summed E-state index contributed by atoms with van der Waals surface area (Å²) < 4.78 is 39.3. The van der Waals surface area contributed by atoms with Gasteiger partial charge in [-0.15, -0.1) is 0 Å². The molecular weight excluding hydrogens is 539 g/mol. The molecule has 2 fully saturated rings. The lowest BCUT2D eigenvalue weighted by Gasteiger charge is -2.26. The van der Waals surface area contributed by atoms with Crippen molar-refractivity contribution in [2.24, 2.45) is 5.41 Å². The van der Waals surface area contributed by atoms with Crippen LogP contribution >= 0.6 is 0 Å². The number of aromatic hydroxyl groups is 1. The van der Waals surface area contributed by atoms with Gasteiger partial charge in [-0.3, -0.25) is 0 Å². The van der Waals surface area contributed by atoms with E-state index in [0.29, 0.717) is 36.1 Å². The van der Waals surface area contributed by atoms with Crippen LogP contribution in [0.3, 0.4) is 0 Å². The molecule has 6 nitrogen and oxygen atoms in total. The minimum Gasteiger partial charge on any atom is -0.508 e. The van der Waals surface area contributed by atoms with Crippen molar-refractivity contribution in [3.05, 3.63) is 51.9 Å². The molecule has 1 aromatic heterocycles. The Kier molecular flexibility index (Phi) is 8.15. The molecule has 0 amide bonds. The first-order valence-corrected chi connectivity index (χ1v) is 16.4. The molecule has 3 aromatic rings. The van der Waals surface area contributed by atoms with Crippen LogP contribution in [0.4, 0.5) is 10.1 Å². The average molecular weight is 589 g/mol. The molecule has 6 rings (SSSR count). The third-order valence-electron chi connectivity index (χ3n) is 9.44. The van der Waals surface area contributed by atoms with E-state index in [9.17, 15) is 9.50 Å². The Morgan fingerprint density at radius 3 is 2.67 bits per heavy atom. The number of rotatable bonds is 13. The van der Waals surface area contributed by atoms with Crippen molar-refractivity contribution < 1.29 is 17.0 Å². The smallest absolute Gasteiger partial charge is 0.317 e. The third kappa shape index (κ3) is 6.52. The van der Waals surface area contributed by atoms with Gasteiger partial charge >= 0.3 is 6.01 Å². The molecule has 230 valence electrons.